The van der Waals surface area contributed by atoms with E-state index in [9.17, 15) is 13.2 Å². The number of nitrogens with zero attached hydrogens (tertiary/aromatic N) is 3. The van der Waals surface area contributed by atoms with E-state index in [4.69, 9.17) is 11.6 Å². The first kappa shape index (κ1) is 18.2. The third-order valence-corrected chi connectivity index (χ3v) is 4.32. The predicted molar refractivity (Wildman–Crippen MR) is 100 cm³/mol. The molecule has 0 atom stereocenters. The molecule has 4 nitrogen and oxygen atoms in total. The molecular weight excluding hydrogens is 389 g/mol. The van der Waals surface area contributed by atoms with Crippen LogP contribution in [0, 0.1) is 0 Å². The van der Waals surface area contributed by atoms with Crippen LogP contribution in [0.1, 0.15) is 5.56 Å². The van der Waals surface area contributed by atoms with E-state index in [1.165, 1.54) is 0 Å². The fourth-order valence-electron chi connectivity index (χ4n) is 2.70. The maximum absolute atomic E-state index is 13.4. The van der Waals surface area contributed by atoms with E-state index in [-0.39, 0.29) is 17.2 Å². The normalized spacial score (nSPS) is 11.6. The molecule has 4 rings (SSSR count). The molecule has 0 radical (unpaired) electrons. The maximum Gasteiger partial charge on any atom is 0.416 e. The zero-order valence-corrected chi connectivity index (χ0v) is 15.0. The molecule has 8 heteroatoms. The molecule has 0 spiro atoms. The van der Waals surface area contributed by atoms with Crippen LogP contribution in [0.5, 0.6) is 0 Å². The van der Waals surface area contributed by atoms with E-state index in [2.05, 4.69) is 19.9 Å². The summed E-state index contributed by atoms with van der Waals surface area (Å²) < 4.78 is 40.3. The highest BCUT2D eigenvalue weighted by atomic mass is 35.5. The molecule has 0 fully saturated rings. The fourth-order valence-corrected chi connectivity index (χ4v) is 2.83. The minimum atomic E-state index is -4.52. The summed E-state index contributed by atoms with van der Waals surface area (Å²) in [6.07, 6.45) is 0.344. The molecule has 0 aliphatic carbocycles. The van der Waals surface area contributed by atoms with E-state index in [1.54, 1.807) is 48.9 Å². The van der Waals surface area contributed by atoms with Crippen molar-refractivity contribution in [3.63, 3.8) is 0 Å². The van der Waals surface area contributed by atoms with Crippen molar-refractivity contribution in [2.24, 2.45) is 0 Å². The molecule has 0 saturated carbocycles. The number of aromatic amines is 1. The van der Waals surface area contributed by atoms with Crippen molar-refractivity contribution in [3.8, 4) is 34.0 Å². The topological polar surface area (TPSA) is 54.5 Å². The molecule has 3 heterocycles. The summed E-state index contributed by atoms with van der Waals surface area (Å²) in [5.74, 6) is 0.236. The lowest BCUT2D eigenvalue weighted by molar-refractivity contribution is -0.137. The van der Waals surface area contributed by atoms with Crippen LogP contribution >= 0.6 is 11.6 Å². The molecule has 0 unspecified atom stereocenters. The molecular formula is C20H12ClF3N4. The average Bonchev–Trinajstić information content (AvgIpc) is 3.18. The number of pyridine rings is 2. The Labute approximate surface area is 163 Å². The fraction of sp³-hybridized carbons (Fsp3) is 0.0500. The van der Waals surface area contributed by atoms with Gasteiger partial charge in [0.1, 0.15) is 5.69 Å². The number of rotatable bonds is 3. The number of aromatic nitrogens is 4. The summed E-state index contributed by atoms with van der Waals surface area (Å²) in [5.41, 5.74) is 1.30. The minimum absolute atomic E-state index is 0.0925. The number of hydrogen-bond acceptors (Lipinski definition) is 3. The van der Waals surface area contributed by atoms with Crippen LogP contribution in [0.4, 0.5) is 13.2 Å². The number of imidazole rings is 1. The Morgan fingerprint density at radius 1 is 0.857 bits per heavy atom. The van der Waals surface area contributed by atoms with Gasteiger partial charge in [-0.3, -0.25) is 4.98 Å². The second kappa shape index (κ2) is 7.09. The summed E-state index contributed by atoms with van der Waals surface area (Å²) >= 11 is 5.87. The Morgan fingerprint density at radius 2 is 1.61 bits per heavy atom. The molecule has 140 valence electrons. The van der Waals surface area contributed by atoms with Crippen molar-refractivity contribution in [1.29, 1.82) is 0 Å². The minimum Gasteiger partial charge on any atom is -0.343 e. The van der Waals surface area contributed by atoms with Gasteiger partial charge in [0.2, 0.25) is 0 Å². The lowest BCUT2D eigenvalue weighted by Gasteiger charge is -2.11. The van der Waals surface area contributed by atoms with Crippen molar-refractivity contribution in [2.75, 3.05) is 0 Å². The zero-order chi connectivity index (χ0) is 19.7. The third kappa shape index (κ3) is 3.75. The van der Waals surface area contributed by atoms with Crippen LogP contribution < -0.4 is 0 Å². The monoisotopic (exact) mass is 400 g/mol. The zero-order valence-electron chi connectivity index (χ0n) is 14.2. The SMILES string of the molecule is FC(F)(F)c1cc(-c2ccc(Cl)cc2)nc(-c2nc(-c3cccnc3)c[nH]2)c1. The van der Waals surface area contributed by atoms with Gasteiger partial charge in [-0.1, -0.05) is 23.7 Å². The van der Waals surface area contributed by atoms with E-state index in [0.717, 1.165) is 17.7 Å². The number of nitrogens with one attached hydrogen (secondary N) is 1. The molecule has 1 N–H and O–H groups in total. The summed E-state index contributed by atoms with van der Waals surface area (Å²) in [7, 11) is 0. The Morgan fingerprint density at radius 3 is 2.29 bits per heavy atom. The first-order chi connectivity index (χ1) is 13.4. The number of alkyl halides is 3. The summed E-state index contributed by atoms with van der Waals surface area (Å²) in [6.45, 7) is 0. The highest BCUT2D eigenvalue weighted by molar-refractivity contribution is 6.30. The second-order valence-corrected chi connectivity index (χ2v) is 6.44. The van der Waals surface area contributed by atoms with Gasteiger partial charge in [0.15, 0.2) is 5.82 Å². The molecule has 3 aromatic heterocycles. The molecule has 4 aromatic rings. The van der Waals surface area contributed by atoms with Crippen molar-refractivity contribution >= 4 is 11.6 Å². The van der Waals surface area contributed by atoms with E-state index in [1.807, 2.05) is 6.07 Å². The lowest BCUT2D eigenvalue weighted by Crippen LogP contribution is -2.07. The van der Waals surface area contributed by atoms with Crippen molar-refractivity contribution in [1.82, 2.24) is 19.9 Å². The van der Waals surface area contributed by atoms with E-state index >= 15 is 0 Å². The number of hydrogen-bond donors (Lipinski definition) is 1. The molecule has 0 saturated heterocycles. The van der Waals surface area contributed by atoms with Crippen molar-refractivity contribution in [2.45, 2.75) is 6.18 Å². The van der Waals surface area contributed by atoms with Gasteiger partial charge in [0, 0.05) is 34.7 Å². The Bertz CT molecular complexity index is 1110. The van der Waals surface area contributed by atoms with Crippen LogP contribution in [0.15, 0.2) is 67.1 Å². The van der Waals surface area contributed by atoms with Crippen LogP contribution in [-0.4, -0.2) is 19.9 Å². The third-order valence-electron chi connectivity index (χ3n) is 4.07. The van der Waals surface area contributed by atoms with Gasteiger partial charge in [0.25, 0.3) is 0 Å². The predicted octanol–water partition coefficient (Wildman–Crippen LogP) is 5.87. The van der Waals surface area contributed by atoms with Crippen LogP contribution in [-0.2, 0) is 6.18 Å². The van der Waals surface area contributed by atoms with Gasteiger partial charge in [0.05, 0.1) is 17.0 Å². The van der Waals surface area contributed by atoms with E-state index in [0.29, 0.717) is 16.3 Å². The molecule has 1 aromatic carbocycles. The Hall–Kier alpha value is -3.19. The van der Waals surface area contributed by atoms with Crippen molar-refractivity contribution in [3.05, 3.63) is 77.7 Å². The Balaban J connectivity index is 1.81. The van der Waals surface area contributed by atoms with Crippen LogP contribution in [0.3, 0.4) is 0 Å². The van der Waals surface area contributed by atoms with Crippen LogP contribution in [0.25, 0.3) is 34.0 Å². The van der Waals surface area contributed by atoms with Crippen molar-refractivity contribution < 1.29 is 13.2 Å². The highest BCUT2D eigenvalue weighted by Crippen LogP contribution is 2.34. The molecule has 0 bridgehead atoms. The first-order valence-electron chi connectivity index (χ1n) is 8.21. The van der Waals surface area contributed by atoms with Gasteiger partial charge < -0.3 is 4.98 Å². The summed E-state index contributed by atoms with van der Waals surface area (Å²) in [5, 5.41) is 0.489. The van der Waals surface area contributed by atoms with Gasteiger partial charge in [-0.25, -0.2) is 9.97 Å². The second-order valence-electron chi connectivity index (χ2n) is 6.01. The Kier molecular flexibility index (Phi) is 4.60. The average molecular weight is 401 g/mol. The lowest BCUT2D eigenvalue weighted by atomic mass is 10.1. The quantitative estimate of drug-likeness (QED) is 0.467. The first-order valence-corrected chi connectivity index (χ1v) is 8.59. The summed E-state index contributed by atoms with van der Waals surface area (Å²) in [4.78, 5) is 15.7. The van der Waals surface area contributed by atoms with E-state index < -0.39 is 11.7 Å². The molecule has 28 heavy (non-hydrogen) atoms. The molecule has 0 aliphatic heterocycles. The van der Waals surface area contributed by atoms with Gasteiger partial charge in [-0.15, -0.1) is 0 Å². The largest absolute Gasteiger partial charge is 0.416 e. The summed E-state index contributed by atoms with van der Waals surface area (Å²) in [6, 6.07) is 12.0. The number of H-pyrrole nitrogens is 1. The number of halogens is 4. The van der Waals surface area contributed by atoms with Gasteiger partial charge in [-0.2, -0.15) is 13.2 Å². The highest BCUT2D eigenvalue weighted by Gasteiger charge is 2.32. The molecule has 0 aliphatic rings. The standard InChI is InChI=1S/C20H12ClF3N4/c21-15-5-3-12(4-6-15)16-8-14(20(22,23)24)9-17(27-16)19-26-11-18(28-19)13-2-1-7-25-10-13/h1-11H,(H,26,28). The number of benzene rings is 1. The molecule has 0 amide bonds. The smallest absolute Gasteiger partial charge is 0.343 e. The van der Waals surface area contributed by atoms with Crippen LogP contribution in [0.2, 0.25) is 5.02 Å². The maximum atomic E-state index is 13.4. The van der Waals surface area contributed by atoms with Gasteiger partial charge in [-0.05, 0) is 36.4 Å². The van der Waals surface area contributed by atoms with Gasteiger partial charge >= 0.3 is 6.18 Å².